The molecule has 0 fully saturated rings. The van der Waals surface area contributed by atoms with Crippen molar-refractivity contribution < 1.29 is 4.79 Å². The maximum absolute atomic E-state index is 11.7. The van der Waals surface area contributed by atoms with Crippen LogP contribution in [-0.4, -0.2) is 40.3 Å². The van der Waals surface area contributed by atoms with E-state index in [0.717, 1.165) is 36.5 Å². The molecule has 0 saturated carbocycles. The fourth-order valence-corrected chi connectivity index (χ4v) is 2.34. The Balaban J connectivity index is 2.20. The van der Waals surface area contributed by atoms with Crippen molar-refractivity contribution in [2.75, 3.05) is 18.6 Å². The summed E-state index contributed by atoms with van der Waals surface area (Å²) in [5.41, 5.74) is 7.96. The van der Waals surface area contributed by atoms with Gasteiger partial charge in [0.2, 0.25) is 5.91 Å². The van der Waals surface area contributed by atoms with E-state index in [1.165, 1.54) is 0 Å². The normalized spacial score (nSPS) is 12.4. The predicted octanol–water partition coefficient (Wildman–Crippen LogP) is 1.09. The van der Waals surface area contributed by atoms with Crippen molar-refractivity contribution in [2.24, 2.45) is 5.73 Å². The number of nitrogens with two attached hydrogens (primary N) is 1. The minimum atomic E-state index is -0.388. The van der Waals surface area contributed by atoms with Crippen molar-refractivity contribution >= 4 is 17.7 Å². The third-order valence-corrected chi connectivity index (χ3v) is 3.56. The fraction of sp³-hybridized carbons (Fsp3) is 0.692. The maximum atomic E-state index is 11.7. The Labute approximate surface area is 119 Å². The van der Waals surface area contributed by atoms with E-state index in [9.17, 15) is 4.79 Å². The summed E-state index contributed by atoms with van der Waals surface area (Å²) < 4.78 is 1.97. The molecule has 1 rings (SSSR count). The van der Waals surface area contributed by atoms with E-state index in [2.05, 4.69) is 16.5 Å². The number of carbonyl (C=O) groups excluding carboxylic acids is 1. The van der Waals surface area contributed by atoms with Gasteiger partial charge in [0.15, 0.2) is 0 Å². The number of carbonyl (C=O) groups is 1. The largest absolute Gasteiger partial charge is 0.355 e. The lowest BCUT2D eigenvalue weighted by Crippen LogP contribution is -2.41. The minimum Gasteiger partial charge on any atom is -0.355 e. The molecule has 0 spiro atoms. The number of amides is 1. The van der Waals surface area contributed by atoms with E-state index >= 15 is 0 Å². The molecule has 5 nitrogen and oxygen atoms in total. The zero-order chi connectivity index (χ0) is 14.3. The minimum absolute atomic E-state index is 0.0533. The molecule has 1 atom stereocenters. The average Bonchev–Trinajstić information content (AvgIpc) is 2.69. The third kappa shape index (κ3) is 5.65. The first-order valence-electron chi connectivity index (χ1n) is 6.58. The van der Waals surface area contributed by atoms with Crippen LogP contribution in [0.4, 0.5) is 0 Å². The van der Waals surface area contributed by atoms with E-state index in [1.54, 1.807) is 11.8 Å². The van der Waals surface area contributed by atoms with Crippen LogP contribution in [0, 0.1) is 13.8 Å². The number of thioether (sulfide) groups is 1. The Kier molecular flexibility index (Phi) is 6.94. The van der Waals surface area contributed by atoms with Gasteiger partial charge in [-0.25, -0.2) is 0 Å². The van der Waals surface area contributed by atoms with Crippen molar-refractivity contribution in [3.05, 3.63) is 17.5 Å². The van der Waals surface area contributed by atoms with Crippen molar-refractivity contribution in [3.63, 3.8) is 0 Å². The number of hydrogen-bond acceptors (Lipinski definition) is 4. The quantitative estimate of drug-likeness (QED) is 0.701. The molecule has 1 amide bonds. The summed E-state index contributed by atoms with van der Waals surface area (Å²) in [5.74, 6) is 0.864. The Morgan fingerprint density at radius 3 is 2.89 bits per heavy atom. The molecule has 1 heterocycles. The fourth-order valence-electron chi connectivity index (χ4n) is 1.85. The maximum Gasteiger partial charge on any atom is 0.236 e. The first-order chi connectivity index (χ1) is 9.04. The number of hydrogen-bond donors (Lipinski definition) is 2. The number of nitrogens with zero attached hydrogens (tertiary/aromatic N) is 2. The molecule has 19 heavy (non-hydrogen) atoms. The second-order valence-electron chi connectivity index (χ2n) is 4.68. The second kappa shape index (κ2) is 8.22. The van der Waals surface area contributed by atoms with Crippen LogP contribution in [0.3, 0.4) is 0 Å². The van der Waals surface area contributed by atoms with Crippen LogP contribution in [0.25, 0.3) is 0 Å². The van der Waals surface area contributed by atoms with E-state index in [0.29, 0.717) is 6.54 Å². The van der Waals surface area contributed by atoms with E-state index in [4.69, 9.17) is 5.73 Å². The van der Waals surface area contributed by atoms with E-state index < -0.39 is 0 Å². The van der Waals surface area contributed by atoms with Crippen LogP contribution in [0.15, 0.2) is 6.07 Å². The summed E-state index contributed by atoms with van der Waals surface area (Å²) in [5, 5.41) is 7.25. The highest BCUT2D eigenvalue weighted by molar-refractivity contribution is 7.98. The molecule has 0 aliphatic heterocycles. The lowest BCUT2D eigenvalue weighted by Gasteiger charge is -2.11. The van der Waals surface area contributed by atoms with Gasteiger partial charge in [0.1, 0.15) is 0 Å². The molecule has 1 aromatic heterocycles. The van der Waals surface area contributed by atoms with E-state index in [-0.39, 0.29) is 11.9 Å². The second-order valence-corrected chi connectivity index (χ2v) is 5.67. The van der Waals surface area contributed by atoms with Crippen molar-refractivity contribution in [3.8, 4) is 0 Å². The van der Waals surface area contributed by atoms with Gasteiger partial charge < -0.3 is 11.1 Å². The van der Waals surface area contributed by atoms with Crippen molar-refractivity contribution in [1.82, 2.24) is 15.1 Å². The zero-order valence-corrected chi connectivity index (χ0v) is 12.8. The van der Waals surface area contributed by atoms with Gasteiger partial charge >= 0.3 is 0 Å². The van der Waals surface area contributed by atoms with Crippen LogP contribution in [-0.2, 0) is 11.3 Å². The van der Waals surface area contributed by atoms with Crippen LogP contribution in [0.5, 0.6) is 0 Å². The highest BCUT2D eigenvalue weighted by Crippen LogP contribution is 2.02. The monoisotopic (exact) mass is 284 g/mol. The third-order valence-electron chi connectivity index (χ3n) is 2.92. The molecule has 108 valence electrons. The summed E-state index contributed by atoms with van der Waals surface area (Å²) in [7, 11) is 0. The van der Waals surface area contributed by atoms with E-state index in [1.807, 2.05) is 24.8 Å². The van der Waals surface area contributed by atoms with Crippen LogP contribution in [0.2, 0.25) is 0 Å². The Morgan fingerprint density at radius 1 is 1.58 bits per heavy atom. The van der Waals surface area contributed by atoms with Gasteiger partial charge in [-0.1, -0.05) is 0 Å². The molecular weight excluding hydrogens is 260 g/mol. The topological polar surface area (TPSA) is 72.9 Å². The summed E-state index contributed by atoms with van der Waals surface area (Å²) >= 11 is 1.71. The Bertz CT molecular complexity index is 405. The molecule has 0 aromatic carbocycles. The smallest absolute Gasteiger partial charge is 0.236 e. The van der Waals surface area contributed by atoms with Crippen LogP contribution >= 0.6 is 11.8 Å². The molecule has 1 aromatic rings. The average molecular weight is 284 g/mol. The van der Waals surface area contributed by atoms with Crippen molar-refractivity contribution in [1.29, 1.82) is 0 Å². The Morgan fingerprint density at radius 2 is 2.32 bits per heavy atom. The van der Waals surface area contributed by atoms with Crippen LogP contribution in [0.1, 0.15) is 24.2 Å². The van der Waals surface area contributed by atoms with Gasteiger partial charge in [-0.15, -0.1) is 0 Å². The van der Waals surface area contributed by atoms with Gasteiger partial charge in [-0.3, -0.25) is 9.48 Å². The highest BCUT2D eigenvalue weighted by atomic mass is 32.2. The highest BCUT2D eigenvalue weighted by Gasteiger charge is 2.11. The standard InChI is InChI=1S/C13H24N4OS/c1-10-9-11(2)17(16-10)7-4-6-15-13(18)12(14)5-8-19-3/h9,12H,4-8,14H2,1-3H3,(H,15,18)/t12-/m1/s1. The SMILES string of the molecule is CSCC[C@@H](N)C(=O)NCCCn1nc(C)cc1C. The summed E-state index contributed by atoms with van der Waals surface area (Å²) in [6.45, 7) is 5.48. The molecule has 6 heteroatoms. The molecule has 0 saturated heterocycles. The lowest BCUT2D eigenvalue weighted by molar-refractivity contribution is -0.122. The molecule has 0 unspecified atom stereocenters. The molecule has 0 bridgehead atoms. The van der Waals surface area contributed by atoms with Crippen molar-refractivity contribution in [2.45, 2.75) is 39.3 Å². The first-order valence-corrected chi connectivity index (χ1v) is 7.97. The predicted molar refractivity (Wildman–Crippen MR) is 80.3 cm³/mol. The van der Waals surface area contributed by atoms with Crippen LogP contribution < -0.4 is 11.1 Å². The number of rotatable bonds is 8. The molecule has 0 radical (unpaired) electrons. The molecule has 0 aliphatic carbocycles. The van der Waals surface area contributed by atoms with Gasteiger partial charge in [0, 0.05) is 18.8 Å². The molecule has 3 N–H and O–H groups in total. The first kappa shape index (κ1) is 16.0. The number of nitrogens with one attached hydrogen (secondary N) is 1. The molecule has 0 aliphatic rings. The zero-order valence-electron chi connectivity index (χ0n) is 12.0. The number of aromatic nitrogens is 2. The van der Waals surface area contributed by atoms with Gasteiger partial charge in [-0.05, 0) is 44.8 Å². The Hall–Kier alpha value is -1.01. The van der Waals surface area contributed by atoms with Gasteiger partial charge in [-0.2, -0.15) is 16.9 Å². The van der Waals surface area contributed by atoms with Gasteiger partial charge in [0.05, 0.1) is 11.7 Å². The number of aryl methyl sites for hydroxylation is 3. The summed E-state index contributed by atoms with van der Waals surface area (Å²) in [6, 6.07) is 1.66. The summed E-state index contributed by atoms with van der Waals surface area (Å²) in [6.07, 6.45) is 3.60. The summed E-state index contributed by atoms with van der Waals surface area (Å²) in [4.78, 5) is 11.7. The lowest BCUT2D eigenvalue weighted by atomic mass is 10.2. The van der Waals surface area contributed by atoms with Gasteiger partial charge in [0.25, 0.3) is 0 Å². The molecular formula is C13H24N4OS.